The highest BCUT2D eigenvalue weighted by Gasteiger charge is 2.19. The first-order valence-electron chi connectivity index (χ1n) is 5.80. The smallest absolute Gasteiger partial charge is 0.307 e. The van der Waals surface area contributed by atoms with E-state index in [1.165, 1.54) is 11.3 Å². The summed E-state index contributed by atoms with van der Waals surface area (Å²) in [6.07, 6.45) is 1.04. The fraction of sp³-hybridized carbons (Fsp3) is 0.286. The number of benzene rings is 1. The molecule has 2 aromatic rings. The van der Waals surface area contributed by atoms with Crippen LogP contribution in [0.25, 0.3) is 0 Å². The lowest BCUT2D eigenvalue weighted by Crippen LogP contribution is -2.19. The van der Waals surface area contributed by atoms with Gasteiger partial charge in [-0.25, -0.2) is 4.98 Å². The van der Waals surface area contributed by atoms with Crippen molar-refractivity contribution in [2.75, 3.05) is 0 Å². The van der Waals surface area contributed by atoms with Crippen molar-refractivity contribution in [1.82, 2.24) is 4.98 Å². The molecule has 1 aromatic heterocycles. The molecule has 1 N–H and O–H groups in total. The van der Waals surface area contributed by atoms with E-state index in [-0.39, 0.29) is 0 Å². The standard InChI is InChI=1S/C14H15NO2S/c1-10-3-2-4-11(5-10)6-12(14(16)17)7-13-8-18-9-15-13/h2-5,8-9,12H,6-7H2,1H3,(H,16,17). The van der Waals surface area contributed by atoms with Gasteiger partial charge in [-0.15, -0.1) is 11.3 Å². The van der Waals surface area contributed by atoms with E-state index in [9.17, 15) is 9.90 Å². The molecule has 0 aliphatic heterocycles. The number of thiazole rings is 1. The third-order valence-electron chi connectivity index (χ3n) is 2.85. The summed E-state index contributed by atoms with van der Waals surface area (Å²) in [4.78, 5) is 15.4. The van der Waals surface area contributed by atoms with Gasteiger partial charge in [-0.2, -0.15) is 0 Å². The number of carboxylic acids is 1. The Hall–Kier alpha value is -1.68. The first kappa shape index (κ1) is 12.8. The van der Waals surface area contributed by atoms with Gasteiger partial charge in [0.25, 0.3) is 0 Å². The molecule has 3 nitrogen and oxygen atoms in total. The summed E-state index contributed by atoms with van der Waals surface area (Å²) in [7, 11) is 0. The lowest BCUT2D eigenvalue weighted by molar-refractivity contribution is -0.141. The first-order chi connectivity index (χ1) is 8.65. The maximum absolute atomic E-state index is 11.3. The minimum atomic E-state index is -0.760. The molecule has 2 rings (SSSR count). The van der Waals surface area contributed by atoms with E-state index >= 15 is 0 Å². The van der Waals surface area contributed by atoms with Crippen molar-refractivity contribution in [2.24, 2.45) is 5.92 Å². The van der Waals surface area contributed by atoms with Crippen LogP contribution in [0.5, 0.6) is 0 Å². The quantitative estimate of drug-likeness (QED) is 0.900. The zero-order chi connectivity index (χ0) is 13.0. The molecular formula is C14H15NO2S. The summed E-state index contributed by atoms with van der Waals surface area (Å²) < 4.78 is 0. The van der Waals surface area contributed by atoms with E-state index in [4.69, 9.17) is 0 Å². The summed E-state index contributed by atoms with van der Waals surface area (Å²) in [5, 5.41) is 11.2. The lowest BCUT2D eigenvalue weighted by Gasteiger charge is -2.11. The first-order valence-corrected chi connectivity index (χ1v) is 6.75. The maximum atomic E-state index is 11.3. The van der Waals surface area contributed by atoms with Crippen molar-refractivity contribution >= 4 is 17.3 Å². The predicted octanol–water partition coefficient (Wildman–Crippen LogP) is 2.94. The predicted molar refractivity (Wildman–Crippen MR) is 71.8 cm³/mol. The molecule has 1 unspecified atom stereocenters. The zero-order valence-electron chi connectivity index (χ0n) is 10.2. The SMILES string of the molecule is Cc1cccc(CC(Cc2cscn2)C(=O)O)c1. The Morgan fingerprint density at radius 3 is 2.89 bits per heavy atom. The minimum absolute atomic E-state index is 0.408. The molecule has 0 fully saturated rings. The lowest BCUT2D eigenvalue weighted by atomic mass is 9.94. The van der Waals surface area contributed by atoms with Gasteiger partial charge in [0.05, 0.1) is 17.1 Å². The van der Waals surface area contributed by atoms with Crippen molar-refractivity contribution in [1.29, 1.82) is 0 Å². The molecule has 94 valence electrons. The largest absolute Gasteiger partial charge is 0.481 e. The highest BCUT2D eigenvalue weighted by Crippen LogP contribution is 2.16. The Balaban J connectivity index is 2.09. The summed E-state index contributed by atoms with van der Waals surface area (Å²) in [6, 6.07) is 7.99. The highest BCUT2D eigenvalue weighted by atomic mass is 32.1. The molecule has 18 heavy (non-hydrogen) atoms. The zero-order valence-corrected chi connectivity index (χ0v) is 11.0. The van der Waals surface area contributed by atoms with Crippen LogP contribution in [0.15, 0.2) is 35.2 Å². The highest BCUT2D eigenvalue weighted by molar-refractivity contribution is 7.07. The second-order valence-electron chi connectivity index (χ2n) is 4.41. The van der Waals surface area contributed by atoms with Crippen molar-refractivity contribution in [3.05, 3.63) is 52.0 Å². The van der Waals surface area contributed by atoms with Gasteiger partial charge in [-0.05, 0) is 18.9 Å². The van der Waals surface area contributed by atoms with E-state index < -0.39 is 11.9 Å². The molecule has 1 atom stereocenters. The van der Waals surface area contributed by atoms with Crippen LogP contribution >= 0.6 is 11.3 Å². The Morgan fingerprint density at radius 1 is 1.44 bits per heavy atom. The number of hydrogen-bond donors (Lipinski definition) is 1. The monoisotopic (exact) mass is 261 g/mol. The van der Waals surface area contributed by atoms with Gasteiger partial charge < -0.3 is 5.11 Å². The van der Waals surface area contributed by atoms with Gasteiger partial charge in [-0.3, -0.25) is 4.79 Å². The average Bonchev–Trinajstić information content (AvgIpc) is 2.81. The van der Waals surface area contributed by atoms with Crippen molar-refractivity contribution in [3.8, 4) is 0 Å². The number of carbonyl (C=O) groups is 1. The molecule has 0 spiro atoms. The summed E-state index contributed by atoms with van der Waals surface area (Å²) in [5.74, 6) is -1.17. The fourth-order valence-electron chi connectivity index (χ4n) is 1.96. The molecule has 0 aliphatic carbocycles. The molecule has 0 bridgehead atoms. The topological polar surface area (TPSA) is 50.2 Å². The van der Waals surface area contributed by atoms with E-state index in [1.54, 1.807) is 5.51 Å². The number of aryl methyl sites for hydroxylation is 1. The van der Waals surface area contributed by atoms with Crippen LogP contribution in [0.3, 0.4) is 0 Å². The molecule has 4 heteroatoms. The van der Waals surface area contributed by atoms with Crippen molar-refractivity contribution < 1.29 is 9.90 Å². The van der Waals surface area contributed by atoms with Crippen molar-refractivity contribution in [3.63, 3.8) is 0 Å². The second kappa shape index (κ2) is 5.78. The Kier molecular flexibility index (Phi) is 4.10. The number of aliphatic carboxylic acids is 1. The maximum Gasteiger partial charge on any atom is 0.307 e. The van der Waals surface area contributed by atoms with Gasteiger partial charge in [-0.1, -0.05) is 29.8 Å². The van der Waals surface area contributed by atoms with Crippen LogP contribution in [0, 0.1) is 12.8 Å². The van der Waals surface area contributed by atoms with E-state index in [0.717, 1.165) is 16.8 Å². The average molecular weight is 261 g/mol. The van der Waals surface area contributed by atoms with Crippen LogP contribution in [-0.4, -0.2) is 16.1 Å². The molecule has 1 aromatic carbocycles. The van der Waals surface area contributed by atoms with Crippen molar-refractivity contribution in [2.45, 2.75) is 19.8 Å². The Morgan fingerprint density at radius 2 is 2.28 bits per heavy atom. The molecule has 0 radical (unpaired) electrons. The molecular weight excluding hydrogens is 246 g/mol. The van der Waals surface area contributed by atoms with Crippen LogP contribution in [0.2, 0.25) is 0 Å². The molecule has 0 aliphatic rings. The molecule has 0 amide bonds. The van der Waals surface area contributed by atoms with Gasteiger partial charge in [0, 0.05) is 11.8 Å². The van der Waals surface area contributed by atoms with Gasteiger partial charge in [0.2, 0.25) is 0 Å². The minimum Gasteiger partial charge on any atom is -0.481 e. The molecule has 1 heterocycles. The Bertz CT molecular complexity index is 522. The summed E-state index contributed by atoms with van der Waals surface area (Å²) in [5.41, 5.74) is 4.82. The number of carboxylic acid groups (broad SMARTS) is 1. The van der Waals surface area contributed by atoms with Crippen LogP contribution < -0.4 is 0 Å². The third-order valence-corrected chi connectivity index (χ3v) is 3.49. The van der Waals surface area contributed by atoms with Gasteiger partial charge in [0.1, 0.15) is 0 Å². The fourth-order valence-corrected chi connectivity index (χ4v) is 2.53. The van der Waals surface area contributed by atoms with E-state index in [2.05, 4.69) is 4.98 Å². The summed E-state index contributed by atoms with van der Waals surface area (Å²) in [6.45, 7) is 2.01. The number of aromatic nitrogens is 1. The van der Waals surface area contributed by atoms with E-state index in [1.807, 2.05) is 36.6 Å². The van der Waals surface area contributed by atoms with Gasteiger partial charge in [0.15, 0.2) is 0 Å². The number of nitrogens with zero attached hydrogens (tertiary/aromatic N) is 1. The Labute approximate surface area is 110 Å². The molecule has 0 saturated heterocycles. The third kappa shape index (κ3) is 3.40. The van der Waals surface area contributed by atoms with Gasteiger partial charge >= 0.3 is 5.97 Å². The van der Waals surface area contributed by atoms with Crippen LogP contribution in [0.4, 0.5) is 0 Å². The van der Waals surface area contributed by atoms with Crippen LogP contribution in [0.1, 0.15) is 16.8 Å². The summed E-state index contributed by atoms with van der Waals surface area (Å²) >= 11 is 1.50. The number of hydrogen-bond acceptors (Lipinski definition) is 3. The van der Waals surface area contributed by atoms with Crippen LogP contribution in [-0.2, 0) is 17.6 Å². The number of rotatable bonds is 5. The molecule has 0 saturated carbocycles. The van der Waals surface area contributed by atoms with E-state index in [0.29, 0.717) is 12.8 Å². The second-order valence-corrected chi connectivity index (χ2v) is 5.13. The normalized spacial score (nSPS) is 12.3.